The Kier molecular flexibility index (Phi) is 35.0. The van der Waals surface area contributed by atoms with Gasteiger partial charge in [0.05, 0.1) is 6.10 Å². The molecule has 0 heterocycles. The Labute approximate surface area is 301 Å². The SMILES string of the molecule is CC[C@H](O)/C=C/C=C\C/C=C\C/C=C\C/C=C\CCCC(=O)OC[C@@H](O)COC(=O)CCCCCCCCCCCCCCCCC(C)C. The second-order valence-electron chi connectivity index (χ2n) is 13.7. The van der Waals surface area contributed by atoms with Crippen molar-refractivity contribution in [3.05, 3.63) is 60.8 Å². The van der Waals surface area contributed by atoms with E-state index in [1.54, 1.807) is 6.08 Å². The van der Waals surface area contributed by atoms with E-state index >= 15 is 0 Å². The Morgan fingerprint density at radius 2 is 0.980 bits per heavy atom. The fourth-order valence-corrected chi connectivity index (χ4v) is 5.20. The lowest BCUT2D eigenvalue weighted by molar-refractivity contribution is -0.152. The van der Waals surface area contributed by atoms with Crippen LogP contribution in [0.25, 0.3) is 0 Å². The van der Waals surface area contributed by atoms with Crippen LogP contribution in [-0.2, 0) is 19.1 Å². The lowest BCUT2D eigenvalue weighted by Crippen LogP contribution is -2.25. The zero-order valence-electron chi connectivity index (χ0n) is 31.7. The summed E-state index contributed by atoms with van der Waals surface area (Å²) < 4.78 is 10.3. The van der Waals surface area contributed by atoms with Gasteiger partial charge in [-0.25, -0.2) is 0 Å². The first-order chi connectivity index (χ1) is 23.8. The van der Waals surface area contributed by atoms with Crippen molar-refractivity contribution < 1.29 is 29.3 Å². The van der Waals surface area contributed by atoms with Gasteiger partial charge in [0.15, 0.2) is 0 Å². The van der Waals surface area contributed by atoms with Crippen LogP contribution in [0.2, 0.25) is 0 Å². The molecule has 0 radical (unpaired) electrons. The van der Waals surface area contributed by atoms with Gasteiger partial charge in [-0.1, -0.05) is 171 Å². The highest BCUT2D eigenvalue weighted by Gasteiger charge is 2.12. The minimum absolute atomic E-state index is 0.143. The Hall–Kier alpha value is -2.44. The highest BCUT2D eigenvalue weighted by Crippen LogP contribution is 2.15. The highest BCUT2D eigenvalue weighted by atomic mass is 16.6. The molecule has 0 aromatic carbocycles. The number of hydrogen-bond donors (Lipinski definition) is 2. The molecule has 2 atom stereocenters. The lowest BCUT2D eigenvalue weighted by Gasteiger charge is -2.12. The van der Waals surface area contributed by atoms with Crippen LogP contribution >= 0.6 is 0 Å². The summed E-state index contributed by atoms with van der Waals surface area (Å²) in [6.45, 7) is 6.27. The molecule has 0 aromatic heterocycles. The number of rotatable bonds is 34. The topological polar surface area (TPSA) is 93.1 Å². The second-order valence-corrected chi connectivity index (χ2v) is 13.7. The maximum absolute atomic E-state index is 12.0. The van der Waals surface area contributed by atoms with E-state index in [9.17, 15) is 19.8 Å². The van der Waals surface area contributed by atoms with Gasteiger partial charge in [0.1, 0.15) is 19.3 Å². The van der Waals surface area contributed by atoms with Crippen LogP contribution in [0.1, 0.15) is 168 Å². The van der Waals surface area contributed by atoms with E-state index < -0.39 is 6.10 Å². The van der Waals surface area contributed by atoms with Crippen molar-refractivity contribution in [1.82, 2.24) is 0 Å². The fraction of sp³-hybridized carbons (Fsp3) is 0.721. The maximum atomic E-state index is 12.0. The average Bonchev–Trinajstić information content (AvgIpc) is 3.09. The normalized spacial score (nSPS) is 13.6. The van der Waals surface area contributed by atoms with E-state index in [1.165, 1.54) is 77.0 Å². The Morgan fingerprint density at radius 3 is 1.47 bits per heavy atom. The average molecular weight is 687 g/mol. The van der Waals surface area contributed by atoms with Crippen molar-refractivity contribution in [2.24, 2.45) is 5.92 Å². The van der Waals surface area contributed by atoms with Crippen LogP contribution < -0.4 is 0 Å². The Bertz CT molecular complexity index is 900. The van der Waals surface area contributed by atoms with Gasteiger partial charge < -0.3 is 19.7 Å². The van der Waals surface area contributed by atoms with Gasteiger partial charge in [0.2, 0.25) is 0 Å². The van der Waals surface area contributed by atoms with Gasteiger partial charge in [-0.2, -0.15) is 0 Å². The molecule has 0 aliphatic carbocycles. The van der Waals surface area contributed by atoms with E-state index in [0.29, 0.717) is 19.3 Å². The molecule has 282 valence electrons. The Morgan fingerprint density at radius 1 is 0.551 bits per heavy atom. The molecule has 0 aliphatic rings. The predicted octanol–water partition coefficient (Wildman–Crippen LogP) is 11.2. The van der Waals surface area contributed by atoms with Crippen molar-refractivity contribution in [2.75, 3.05) is 13.2 Å². The van der Waals surface area contributed by atoms with Crippen LogP contribution in [0.3, 0.4) is 0 Å². The number of hydrogen-bond acceptors (Lipinski definition) is 6. The molecule has 0 spiro atoms. The number of esters is 2. The summed E-state index contributed by atoms with van der Waals surface area (Å²) in [4.78, 5) is 23.9. The minimum atomic E-state index is -0.997. The zero-order valence-corrected chi connectivity index (χ0v) is 31.7. The van der Waals surface area contributed by atoms with E-state index in [-0.39, 0.29) is 31.3 Å². The fourth-order valence-electron chi connectivity index (χ4n) is 5.20. The van der Waals surface area contributed by atoms with Crippen molar-refractivity contribution in [3.63, 3.8) is 0 Å². The molecule has 6 nitrogen and oxygen atoms in total. The van der Waals surface area contributed by atoms with E-state index in [4.69, 9.17) is 9.47 Å². The molecular weight excluding hydrogens is 612 g/mol. The number of ether oxygens (including phenoxy) is 2. The van der Waals surface area contributed by atoms with Crippen LogP contribution in [-0.4, -0.2) is 47.6 Å². The van der Waals surface area contributed by atoms with Gasteiger partial charge in [0.25, 0.3) is 0 Å². The standard InChI is InChI=1S/C43H74O6/c1-4-40(44)34-30-26-22-18-14-10-6-8-12-16-20-24-28-32-36-43(47)49-38-41(45)37-48-42(46)35-31-27-23-19-15-11-7-5-9-13-17-21-25-29-33-39(2)3/h8,10,12,14,20,22,24,26,30,34,39-41,44-45H,4-7,9,11,13,15-19,21,23,25,27-29,31-33,35-38H2,1-3H3/b12-8-,14-10-,24-20-,26-22-,34-30+/t40-,41-/m0/s1. The summed E-state index contributed by atoms with van der Waals surface area (Å²) in [6.07, 6.45) is 43.7. The molecule has 0 aliphatic heterocycles. The van der Waals surface area contributed by atoms with Crippen molar-refractivity contribution in [3.8, 4) is 0 Å². The molecule has 0 rings (SSSR count). The number of carbonyl (C=O) groups excluding carboxylic acids is 2. The molecule has 0 unspecified atom stereocenters. The first-order valence-electron chi connectivity index (χ1n) is 19.8. The number of aliphatic hydroxyl groups is 2. The summed E-state index contributed by atoms with van der Waals surface area (Å²) >= 11 is 0. The van der Waals surface area contributed by atoms with Crippen LogP contribution in [0.5, 0.6) is 0 Å². The number of allylic oxidation sites excluding steroid dienone is 9. The first kappa shape index (κ1) is 46.6. The highest BCUT2D eigenvalue weighted by molar-refractivity contribution is 5.69. The van der Waals surface area contributed by atoms with Crippen LogP contribution in [0.4, 0.5) is 0 Å². The molecule has 2 N–H and O–H groups in total. The van der Waals surface area contributed by atoms with Crippen LogP contribution in [0.15, 0.2) is 60.8 Å². The smallest absolute Gasteiger partial charge is 0.305 e. The van der Waals surface area contributed by atoms with Gasteiger partial charge >= 0.3 is 11.9 Å². The molecule has 6 heteroatoms. The molecule has 0 amide bonds. The van der Waals surface area contributed by atoms with Gasteiger partial charge in [-0.3, -0.25) is 9.59 Å². The molecule has 0 saturated carbocycles. The maximum Gasteiger partial charge on any atom is 0.305 e. The summed E-state index contributed by atoms with van der Waals surface area (Å²) in [5.41, 5.74) is 0. The Balaban J connectivity index is 3.55. The van der Waals surface area contributed by atoms with E-state index in [0.717, 1.165) is 57.3 Å². The first-order valence-corrected chi connectivity index (χ1v) is 19.8. The summed E-state index contributed by atoms with van der Waals surface area (Å²) in [7, 11) is 0. The number of unbranched alkanes of at least 4 members (excludes halogenated alkanes) is 14. The van der Waals surface area contributed by atoms with Gasteiger partial charge in [-0.15, -0.1) is 0 Å². The van der Waals surface area contributed by atoms with Gasteiger partial charge in [0, 0.05) is 12.8 Å². The number of carbonyl (C=O) groups is 2. The third-order valence-electron chi connectivity index (χ3n) is 8.35. The molecule has 0 fully saturated rings. The zero-order chi connectivity index (χ0) is 36.0. The van der Waals surface area contributed by atoms with Crippen molar-refractivity contribution in [1.29, 1.82) is 0 Å². The molecule has 49 heavy (non-hydrogen) atoms. The predicted molar refractivity (Wildman–Crippen MR) is 206 cm³/mol. The number of aliphatic hydroxyl groups excluding tert-OH is 2. The minimum Gasteiger partial charge on any atom is -0.463 e. The van der Waals surface area contributed by atoms with Crippen LogP contribution in [0, 0.1) is 5.92 Å². The second kappa shape index (κ2) is 36.8. The monoisotopic (exact) mass is 687 g/mol. The molecule has 0 aromatic rings. The quantitative estimate of drug-likeness (QED) is 0.0303. The van der Waals surface area contributed by atoms with Crippen molar-refractivity contribution in [2.45, 2.75) is 181 Å². The summed E-state index contributed by atoms with van der Waals surface area (Å²) in [5.74, 6) is 0.195. The van der Waals surface area contributed by atoms with Crippen molar-refractivity contribution >= 4 is 11.9 Å². The summed E-state index contributed by atoms with van der Waals surface area (Å²) in [6, 6.07) is 0. The molecule has 0 bridgehead atoms. The third kappa shape index (κ3) is 38.2. The molecule has 0 saturated heterocycles. The lowest BCUT2D eigenvalue weighted by atomic mass is 10.0. The third-order valence-corrected chi connectivity index (χ3v) is 8.35. The molecular formula is C43H74O6. The largest absolute Gasteiger partial charge is 0.463 e. The summed E-state index contributed by atoms with van der Waals surface area (Å²) in [5, 5.41) is 19.4. The van der Waals surface area contributed by atoms with E-state index in [1.807, 2.05) is 19.1 Å². The van der Waals surface area contributed by atoms with Gasteiger partial charge in [-0.05, 0) is 50.9 Å². The van der Waals surface area contributed by atoms with E-state index in [2.05, 4.69) is 56.4 Å².